The quantitative estimate of drug-likeness (QED) is 0.632. The fraction of sp³-hybridized carbons (Fsp3) is 0.318. The lowest BCUT2D eigenvalue weighted by atomic mass is 10.0. The summed E-state index contributed by atoms with van der Waals surface area (Å²) < 4.78 is 10.6. The van der Waals surface area contributed by atoms with E-state index in [4.69, 9.17) is 9.47 Å². The highest BCUT2D eigenvalue weighted by Crippen LogP contribution is 2.31. The Morgan fingerprint density at radius 3 is 2.46 bits per heavy atom. The molecule has 1 aromatic heterocycles. The van der Waals surface area contributed by atoms with Gasteiger partial charge in [-0.05, 0) is 18.6 Å². The van der Waals surface area contributed by atoms with Crippen LogP contribution in [-0.4, -0.2) is 49.1 Å². The van der Waals surface area contributed by atoms with Crippen molar-refractivity contribution < 1.29 is 14.3 Å². The van der Waals surface area contributed by atoms with Crippen LogP contribution in [0.5, 0.6) is 0 Å². The van der Waals surface area contributed by atoms with Crippen molar-refractivity contribution in [2.75, 3.05) is 37.8 Å². The molecular weight excluding hydrogens is 354 g/mol. The van der Waals surface area contributed by atoms with Gasteiger partial charge in [0, 0.05) is 29.4 Å². The smallest absolute Gasteiger partial charge is 0.338 e. The SMILES string of the molecule is CCCOC(=O)c1ccc(-c2nnc(N3CCOCC3)c3ccccc23)cc1. The number of benzene rings is 2. The van der Waals surface area contributed by atoms with Crippen molar-refractivity contribution in [1.29, 1.82) is 0 Å². The topological polar surface area (TPSA) is 64.5 Å². The zero-order chi connectivity index (χ0) is 19.3. The highest BCUT2D eigenvalue weighted by atomic mass is 16.5. The number of hydrogen-bond donors (Lipinski definition) is 0. The zero-order valence-corrected chi connectivity index (χ0v) is 15.9. The van der Waals surface area contributed by atoms with Gasteiger partial charge in [-0.2, -0.15) is 0 Å². The first-order valence-corrected chi connectivity index (χ1v) is 9.63. The Hall–Kier alpha value is -2.99. The van der Waals surface area contributed by atoms with E-state index in [2.05, 4.69) is 27.2 Å². The molecule has 3 aromatic rings. The lowest BCUT2D eigenvalue weighted by Crippen LogP contribution is -2.37. The maximum Gasteiger partial charge on any atom is 0.338 e. The molecule has 6 heteroatoms. The number of carbonyl (C=O) groups excluding carboxylic acids is 1. The van der Waals surface area contributed by atoms with Crippen LogP contribution >= 0.6 is 0 Å². The molecule has 0 N–H and O–H groups in total. The highest BCUT2D eigenvalue weighted by Gasteiger charge is 2.18. The summed E-state index contributed by atoms with van der Waals surface area (Å²) in [5.41, 5.74) is 2.27. The van der Waals surface area contributed by atoms with E-state index in [1.807, 2.05) is 31.2 Å². The summed E-state index contributed by atoms with van der Waals surface area (Å²) in [5, 5.41) is 11.2. The van der Waals surface area contributed by atoms with Gasteiger partial charge in [-0.15, -0.1) is 10.2 Å². The number of nitrogens with zero attached hydrogens (tertiary/aromatic N) is 3. The summed E-state index contributed by atoms with van der Waals surface area (Å²) in [6.07, 6.45) is 0.806. The van der Waals surface area contributed by atoms with E-state index >= 15 is 0 Å². The van der Waals surface area contributed by atoms with Gasteiger partial charge in [0.2, 0.25) is 0 Å². The van der Waals surface area contributed by atoms with E-state index in [-0.39, 0.29) is 5.97 Å². The van der Waals surface area contributed by atoms with Gasteiger partial charge in [0.25, 0.3) is 0 Å². The van der Waals surface area contributed by atoms with Crippen molar-refractivity contribution in [3.05, 3.63) is 54.1 Å². The van der Waals surface area contributed by atoms with Crippen LogP contribution < -0.4 is 4.90 Å². The van der Waals surface area contributed by atoms with Gasteiger partial charge < -0.3 is 14.4 Å². The van der Waals surface area contributed by atoms with E-state index < -0.39 is 0 Å². The van der Waals surface area contributed by atoms with Gasteiger partial charge in [0.15, 0.2) is 5.82 Å². The molecule has 0 amide bonds. The van der Waals surface area contributed by atoms with Crippen LogP contribution in [0.25, 0.3) is 22.0 Å². The molecule has 0 bridgehead atoms. The van der Waals surface area contributed by atoms with Crippen LogP contribution in [0.3, 0.4) is 0 Å². The first-order valence-electron chi connectivity index (χ1n) is 9.63. The fourth-order valence-corrected chi connectivity index (χ4v) is 3.35. The standard InChI is InChI=1S/C22H23N3O3/c1-2-13-28-22(26)17-9-7-16(8-10-17)20-18-5-3-4-6-19(18)21(24-23-20)25-11-14-27-15-12-25/h3-10H,2,11-15H2,1H3. The van der Waals surface area contributed by atoms with Crippen molar-refractivity contribution in [3.8, 4) is 11.3 Å². The van der Waals surface area contributed by atoms with Crippen molar-refractivity contribution in [1.82, 2.24) is 10.2 Å². The molecule has 2 heterocycles. The molecule has 2 aromatic carbocycles. The molecule has 1 aliphatic rings. The van der Waals surface area contributed by atoms with E-state index in [1.165, 1.54) is 0 Å². The molecule has 6 nitrogen and oxygen atoms in total. The number of morpholine rings is 1. The molecule has 1 aliphatic heterocycles. The Balaban J connectivity index is 1.68. The summed E-state index contributed by atoms with van der Waals surface area (Å²) in [5.74, 6) is 0.592. The fourth-order valence-electron chi connectivity index (χ4n) is 3.35. The Morgan fingerprint density at radius 2 is 1.75 bits per heavy atom. The monoisotopic (exact) mass is 377 g/mol. The van der Waals surface area contributed by atoms with Crippen LogP contribution in [0.1, 0.15) is 23.7 Å². The Kier molecular flexibility index (Phi) is 5.48. The van der Waals surface area contributed by atoms with E-state index in [0.717, 1.165) is 47.4 Å². The molecule has 1 saturated heterocycles. The van der Waals surface area contributed by atoms with Crippen LogP contribution in [0.4, 0.5) is 5.82 Å². The van der Waals surface area contributed by atoms with Gasteiger partial charge in [0.05, 0.1) is 25.4 Å². The van der Waals surface area contributed by atoms with Crippen molar-refractivity contribution in [2.45, 2.75) is 13.3 Å². The van der Waals surface area contributed by atoms with Gasteiger partial charge >= 0.3 is 5.97 Å². The zero-order valence-electron chi connectivity index (χ0n) is 15.9. The first-order chi connectivity index (χ1) is 13.8. The summed E-state index contributed by atoms with van der Waals surface area (Å²) in [4.78, 5) is 14.2. The normalized spacial score (nSPS) is 14.2. The minimum absolute atomic E-state index is 0.299. The second kappa shape index (κ2) is 8.35. The molecule has 0 saturated carbocycles. The van der Waals surface area contributed by atoms with Gasteiger partial charge in [-0.1, -0.05) is 43.3 Å². The molecule has 0 atom stereocenters. The minimum Gasteiger partial charge on any atom is -0.462 e. The van der Waals surface area contributed by atoms with Crippen LogP contribution in [0, 0.1) is 0 Å². The second-order valence-electron chi connectivity index (χ2n) is 6.73. The predicted octanol–water partition coefficient (Wildman–Crippen LogP) is 3.70. The average molecular weight is 377 g/mol. The van der Waals surface area contributed by atoms with Crippen LogP contribution in [-0.2, 0) is 9.47 Å². The maximum atomic E-state index is 12.0. The number of esters is 1. The largest absolute Gasteiger partial charge is 0.462 e. The molecule has 0 aliphatic carbocycles. The Bertz CT molecular complexity index is 966. The third-order valence-corrected chi connectivity index (χ3v) is 4.81. The molecular formula is C22H23N3O3. The summed E-state index contributed by atoms with van der Waals surface area (Å²) in [6.45, 7) is 5.43. The minimum atomic E-state index is -0.299. The molecule has 4 rings (SSSR count). The number of rotatable bonds is 5. The molecule has 144 valence electrons. The number of anilines is 1. The number of hydrogen-bond acceptors (Lipinski definition) is 6. The third kappa shape index (κ3) is 3.68. The van der Waals surface area contributed by atoms with Crippen molar-refractivity contribution in [3.63, 3.8) is 0 Å². The summed E-state index contributed by atoms with van der Waals surface area (Å²) >= 11 is 0. The number of aromatic nitrogens is 2. The van der Waals surface area contributed by atoms with Gasteiger partial charge in [-0.3, -0.25) is 0 Å². The second-order valence-corrected chi connectivity index (χ2v) is 6.73. The molecule has 1 fully saturated rings. The summed E-state index contributed by atoms with van der Waals surface area (Å²) in [7, 11) is 0. The van der Waals surface area contributed by atoms with Crippen molar-refractivity contribution >= 4 is 22.6 Å². The number of ether oxygens (including phenoxy) is 2. The Labute approximate surface area is 164 Å². The third-order valence-electron chi connectivity index (χ3n) is 4.81. The maximum absolute atomic E-state index is 12.0. The predicted molar refractivity (Wildman–Crippen MR) is 109 cm³/mol. The molecule has 0 radical (unpaired) electrons. The van der Waals surface area contributed by atoms with Crippen LogP contribution in [0.2, 0.25) is 0 Å². The van der Waals surface area contributed by atoms with E-state index in [9.17, 15) is 4.79 Å². The molecule has 0 unspecified atom stereocenters. The number of fused-ring (bicyclic) bond motifs is 1. The van der Waals surface area contributed by atoms with Gasteiger partial charge in [-0.25, -0.2) is 4.79 Å². The van der Waals surface area contributed by atoms with Crippen LogP contribution in [0.15, 0.2) is 48.5 Å². The molecule has 28 heavy (non-hydrogen) atoms. The molecule has 0 spiro atoms. The lowest BCUT2D eigenvalue weighted by molar-refractivity contribution is 0.0505. The Morgan fingerprint density at radius 1 is 1.04 bits per heavy atom. The average Bonchev–Trinajstić information content (AvgIpc) is 2.77. The van der Waals surface area contributed by atoms with E-state index in [0.29, 0.717) is 25.4 Å². The van der Waals surface area contributed by atoms with Gasteiger partial charge in [0.1, 0.15) is 5.69 Å². The van der Waals surface area contributed by atoms with Crippen molar-refractivity contribution in [2.24, 2.45) is 0 Å². The van der Waals surface area contributed by atoms with E-state index in [1.54, 1.807) is 12.1 Å². The summed E-state index contributed by atoms with van der Waals surface area (Å²) in [6, 6.07) is 15.5. The number of carbonyl (C=O) groups is 1. The highest BCUT2D eigenvalue weighted by molar-refractivity contribution is 6.00. The lowest BCUT2D eigenvalue weighted by Gasteiger charge is -2.28. The first kappa shape index (κ1) is 18.4.